The first-order chi connectivity index (χ1) is 11.3. The number of carbonyl (C=O) groups is 1. The molecular weight excluding hydrogens is 290 g/mol. The molecule has 0 saturated carbocycles. The van der Waals surface area contributed by atoms with Crippen molar-refractivity contribution in [3.8, 4) is 5.75 Å². The number of amides is 2. The molecule has 3 rings (SSSR count). The molecule has 120 valence electrons. The molecule has 1 heterocycles. The van der Waals surface area contributed by atoms with Crippen molar-refractivity contribution >= 4 is 17.4 Å². The molecule has 1 aliphatic heterocycles. The third-order valence-electron chi connectivity index (χ3n) is 3.97. The number of methoxy groups -OCH3 is 1. The summed E-state index contributed by atoms with van der Waals surface area (Å²) in [5.74, 6) is 0.666. The zero-order valence-electron chi connectivity index (χ0n) is 13.2. The minimum absolute atomic E-state index is 0.0909. The van der Waals surface area contributed by atoms with Gasteiger partial charge in [-0.15, -0.1) is 0 Å². The smallest absolute Gasteiger partial charge is 0.322 e. The van der Waals surface area contributed by atoms with Gasteiger partial charge < -0.3 is 20.3 Å². The standard InChI is InChI=1S/C18H21N3O2/c1-23-17-10-6-5-9-16(17)20-18(22)21-12-11-15(13-21)19-14-7-3-2-4-8-14/h2-10,15,19H,11-13H2,1H3,(H,20,22)/t15-/m1/s1. The predicted octanol–water partition coefficient (Wildman–Crippen LogP) is 3.41. The second kappa shape index (κ2) is 7.05. The van der Waals surface area contributed by atoms with Crippen molar-refractivity contribution in [2.45, 2.75) is 12.5 Å². The summed E-state index contributed by atoms with van der Waals surface area (Å²) in [4.78, 5) is 14.2. The summed E-state index contributed by atoms with van der Waals surface area (Å²) in [6, 6.07) is 17.7. The zero-order valence-corrected chi connectivity index (χ0v) is 13.2. The highest BCUT2D eigenvalue weighted by Crippen LogP contribution is 2.24. The lowest BCUT2D eigenvalue weighted by molar-refractivity contribution is 0.222. The predicted molar refractivity (Wildman–Crippen MR) is 92.1 cm³/mol. The maximum Gasteiger partial charge on any atom is 0.322 e. The monoisotopic (exact) mass is 311 g/mol. The van der Waals surface area contributed by atoms with Crippen LogP contribution in [-0.4, -0.2) is 37.2 Å². The van der Waals surface area contributed by atoms with Crippen molar-refractivity contribution in [3.63, 3.8) is 0 Å². The highest BCUT2D eigenvalue weighted by Gasteiger charge is 2.26. The number of rotatable bonds is 4. The average molecular weight is 311 g/mol. The normalized spacial score (nSPS) is 16.9. The first-order valence-corrected chi connectivity index (χ1v) is 7.77. The van der Waals surface area contributed by atoms with E-state index in [4.69, 9.17) is 4.74 Å². The van der Waals surface area contributed by atoms with Crippen molar-refractivity contribution in [1.29, 1.82) is 0 Å². The Kier molecular flexibility index (Phi) is 4.66. The molecule has 1 fully saturated rings. The third kappa shape index (κ3) is 3.74. The van der Waals surface area contributed by atoms with E-state index in [2.05, 4.69) is 10.6 Å². The summed E-state index contributed by atoms with van der Waals surface area (Å²) >= 11 is 0. The van der Waals surface area contributed by atoms with E-state index < -0.39 is 0 Å². The van der Waals surface area contributed by atoms with E-state index in [1.165, 1.54) is 0 Å². The molecule has 0 unspecified atom stereocenters. The quantitative estimate of drug-likeness (QED) is 0.910. The second-order valence-corrected chi connectivity index (χ2v) is 5.57. The molecule has 0 aromatic heterocycles. The Morgan fingerprint density at radius 2 is 1.87 bits per heavy atom. The zero-order chi connectivity index (χ0) is 16.1. The fraction of sp³-hybridized carbons (Fsp3) is 0.278. The van der Waals surface area contributed by atoms with E-state index in [9.17, 15) is 4.79 Å². The Hall–Kier alpha value is -2.69. The molecule has 2 N–H and O–H groups in total. The maximum atomic E-state index is 12.4. The summed E-state index contributed by atoms with van der Waals surface area (Å²) in [5.41, 5.74) is 1.78. The minimum Gasteiger partial charge on any atom is -0.495 e. The second-order valence-electron chi connectivity index (χ2n) is 5.57. The number of likely N-dealkylation sites (tertiary alicyclic amines) is 1. The Bertz CT molecular complexity index is 660. The van der Waals surface area contributed by atoms with Crippen LogP contribution in [0.3, 0.4) is 0 Å². The van der Waals surface area contributed by atoms with Crippen molar-refractivity contribution < 1.29 is 9.53 Å². The van der Waals surface area contributed by atoms with E-state index >= 15 is 0 Å². The average Bonchev–Trinajstić information content (AvgIpc) is 3.05. The van der Waals surface area contributed by atoms with Crippen molar-refractivity contribution in [1.82, 2.24) is 4.90 Å². The molecule has 2 aromatic rings. The molecular formula is C18H21N3O2. The van der Waals surface area contributed by atoms with Crippen LogP contribution in [0.4, 0.5) is 16.2 Å². The van der Waals surface area contributed by atoms with E-state index in [1.807, 2.05) is 59.5 Å². The van der Waals surface area contributed by atoms with Gasteiger partial charge in [0.2, 0.25) is 0 Å². The number of benzene rings is 2. The van der Waals surface area contributed by atoms with Crippen LogP contribution in [0.1, 0.15) is 6.42 Å². The van der Waals surface area contributed by atoms with Crippen LogP contribution in [0.5, 0.6) is 5.75 Å². The lowest BCUT2D eigenvalue weighted by Crippen LogP contribution is -2.35. The van der Waals surface area contributed by atoms with E-state index in [1.54, 1.807) is 7.11 Å². The van der Waals surface area contributed by atoms with Gasteiger partial charge in [-0.2, -0.15) is 0 Å². The van der Waals surface area contributed by atoms with E-state index in [0.717, 1.165) is 18.7 Å². The van der Waals surface area contributed by atoms with Crippen molar-refractivity contribution in [2.24, 2.45) is 0 Å². The molecule has 0 aliphatic carbocycles. The molecule has 23 heavy (non-hydrogen) atoms. The van der Waals surface area contributed by atoms with Crippen LogP contribution < -0.4 is 15.4 Å². The van der Waals surface area contributed by atoms with Crippen LogP contribution in [0.2, 0.25) is 0 Å². The Labute approximate surface area is 136 Å². The van der Waals surface area contributed by atoms with Crippen molar-refractivity contribution in [2.75, 3.05) is 30.8 Å². The van der Waals surface area contributed by atoms with Gasteiger partial charge in [0.15, 0.2) is 0 Å². The van der Waals surface area contributed by atoms with Crippen LogP contribution in [0, 0.1) is 0 Å². The van der Waals surface area contributed by atoms with Crippen LogP contribution in [0.15, 0.2) is 54.6 Å². The minimum atomic E-state index is -0.0909. The summed E-state index contributed by atoms with van der Waals surface area (Å²) in [6.45, 7) is 1.43. The number of nitrogens with zero attached hydrogens (tertiary/aromatic N) is 1. The number of ether oxygens (including phenoxy) is 1. The number of hydrogen-bond donors (Lipinski definition) is 2. The lowest BCUT2D eigenvalue weighted by atomic mass is 10.2. The van der Waals surface area contributed by atoms with Gasteiger partial charge in [0.25, 0.3) is 0 Å². The highest BCUT2D eigenvalue weighted by molar-refractivity contribution is 5.91. The maximum absolute atomic E-state index is 12.4. The van der Waals surface area contributed by atoms with Crippen molar-refractivity contribution in [3.05, 3.63) is 54.6 Å². The third-order valence-corrected chi connectivity index (χ3v) is 3.97. The Balaban J connectivity index is 1.57. The van der Waals surface area contributed by atoms with Gasteiger partial charge in [-0.1, -0.05) is 30.3 Å². The van der Waals surface area contributed by atoms with E-state index in [0.29, 0.717) is 18.0 Å². The molecule has 1 aliphatic rings. The molecule has 1 saturated heterocycles. The molecule has 0 spiro atoms. The van der Waals surface area contributed by atoms with Gasteiger partial charge in [0.1, 0.15) is 5.75 Å². The molecule has 0 bridgehead atoms. The van der Waals surface area contributed by atoms with Gasteiger partial charge in [-0.3, -0.25) is 0 Å². The van der Waals surface area contributed by atoms with Gasteiger partial charge in [0, 0.05) is 24.8 Å². The Morgan fingerprint density at radius 1 is 1.13 bits per heavy atom. The van der Waals surface area contributed by atoms with Gasteiger partial charge in [-0.05, 0) is 30.7 Å². The number of hydrogen-bond acceptors (Lipinski definition) is 3. The topological polar surface area (TPSA) is 53.6 Å². The first kappa shape index (κ1) is 15.2. The fourth-order valence-corrected chi connectivity index (χ4v) is 2.77. The highest BCUT2D eigenvalue weighted by atomic mass is 16.5. The van der Waals surface area contributed by atoms with Crippen LogP contribution in [0.25, 0.3) is 0 Å². The van der Waals surface area contributed by atoms with Crippen LogP contribution in [-0.2, 0) is 0 Å². The number of anilines is 2. The summed E-state index contributed by atoms with van der Waals surface area (Å²) in [6.07, 6.45) is 0.939. The van der Waals surface area contributed by atoms with Gasteiger partial charge >= 0.3 is 6.03 Å². The molecule has 0 radical (unpaired) electrons. The summed E-state index contributed by atoms with van der Waals surface area (Å²) in [7, 11) is 1.60. The molecule has 5 nitrogen and oxygen atoms in total. The van der Waals surface area contributed by atoms with Crippen LogP contribution >= 0.6 is 0 Å². The number of urea groups is 1. The fourth-order valence-electron chi connectivity index (χ4n) is 2.77. The number of nitrogens with one attached hydrogen (secondary N) is 2. The SMILES string of the molecule is COc1ccccc1NC(=O)N1CC[C@@H](Nc2ccccc2)C1. The molecule has 5 heteroatoms. The first-order valence-electron chi connectivity index (χ1n) is 7.77. The van der Waals surface area contributed by atoms with Gasteiger partial charge in [0.05, 0.1) is 12.8 Å². The number of para-hydroxylation sites is 3. The number of carbonyl (C=O) groups excluding carboxylic acids is 1. The Morgan fingerprint density at radius 3 is 2.65 bits per heavy atom. The largest absolute Gasteiger partial charge is 0.495 e. The van der Waals surface area contributed by atoms with Gasteiger partial charge in [-0.25, -0.2) is 4.79 Å². The molecule has 1 atom stereocenters. The van der Waals surface area contributed by atoms with E-state index in [-0.39, 0.29) is 12.1 Å². The summed E-state index contributed by atoms with van der Waals surface area (Å²) < 4.78 is 5.26. The molecule has 2 aromatic carbocycles. The summed E-state index contributed by atoms with van der Waals surface area (Å²) in [5, 5.41) is 6.39. The lowest BCUT2D eigenvalue weighted by Gasteiger charge is -2.19. The molecule has 2 amide bonds.